The summed E-state index contributed by atoms with van der Waals surface area (Å²) >= 11 is 8.64. The molecule has 0 saturated heterocycles. The Hall–Kier alpha value is -2.42. The highest BCUT2D eigenvalue weighted by Gasteiger charge is 2.22. The number of halogens is 1. The molecular weight excluding hydrogens is 420 g/mol. The van der Waals surface area contributed by atoms with E-state index in [1.807, 2.05) is 17.5 Å². The highest BCUT2D eigenvalue weighted by atomic mass is 35.5. The SMILES string of the molecule is COC(=O)CC(NC(=O)c1csc(COc2ccc(Cl)cc2)n1)c1cccs1. The van der Waals surface area contributed by atoms with Crippen LogP contribution in [0.4, 0.5) is 0 Å². The normalized spacial score (nSPS) is 11.6. The van der Waals surface area contributed by atoms with E-state index in [4.69, 9.17) is 21.1 Å². The van der Waals surface area contributed by atoms with Crippen LogP contribution in [-0.2, 0) is 16.1 Å². The van der Waals surface area contributed by atoms with Crippen LogP contribution in [0.1, 0.15) is 32.8 Å². The number of amides is 1. The third-order valence-electron chi connectivity index (χ3n) is 3.75. The topological polar surface area (TPSA) is 77.5 Å². The lowest BCUT2D eigenvalue weighted by Gasteiger charge is -2.15. The molecule has 1 aromatic carbocycles. The van der Waals surface area contributed by atoms with Gasteiger partial charge in [0.1, 0.15) is 23.1 Å². The molecule has 0 radical (unpaired) electrons. The van der Waals surface area contributed by atoms with Crippen LogP contribution >= 0.6 is 34.3 Å². The Balaban J connectivity index is 1.61. The van der Waals surface area contributed by atoms with Crippen LogP contribution in [0.25, 0.3) is 0 Å². The van der Waals surface area contributed by atoms with Crippen LogP contribution in [0, 0.1) is 0 Å². The lowest BCUT2D eigenvalue weighted by molar-refractivity contribution is -0.141. The maximum atomic E-state index is 12.6. The van der Waals surface area contributed by atoms with Crippen LogP contribution in [0.15, 0.2) is 47.2 Å². The summed E-state index contributed by atoms with van der Waals surface area (Å²) in [6.07, 6.45) is 0.0550. The highest BCUT2D eigenvalue weighted by molar-refractivity contribution is 7.10. The van der Waals surface area contributed by atoms with Crippen LogP contribution in [0.2, 0.25) is 5.02 Å². The van der Waals surface area contributed by atoms with Gasteiger partial charge in [0.2, 0.25) is 0 Å². The fraction of sp³-hybridized carbons (Fsp3) is 0.211. The van der Waals surface area contributed by atoms with E-state index in [9.17, 15) is 9.59 Å². The average Bonchev–Trinajstić information content (AvgIpc) is 3.39. The maximum Gasteiger partial charge on any atom is 0.307 e. The van der Waals surface area contributed by atoms with Crippen molar-refractivity contribution in [2.75, 3.05) is 7.11 Å². The Bertz CT molecular complexity index is 926. The minimum atomic E-state index is -0.463. The molecule has 0 saturated carbocycles. The minimum absolute atomic E-state index is 0.0550. The maximum absolute atomic E-state index is 12.6. The molecule has 3 aromatic rings. The number of nitrogens with one attached hydrogen (secondary N) is 1. The van der Waals surface area contributed by atoms with Gasteiger partial charge in [-0.15, -0.1) is 22.7 Å². The zero-order chi connectivity index (χ0) is 19.9. The van der Waals surface area contributed by atoms with Gasteiger partial charge in [0.25, 0.3) is 5.91 Å². The smallest absolute Gasteiger partial charge is 0.307 e. The van der Waals surface area contributed by atoms with Gasteiger partial charge in [0.15, 0.2) is 0 Å². The molecule has 1 N–H and O–H groups in total. The molecule has 6 nitrogen and oxygen atoms in total. The van der Waals surface area contributed by atoms with E-state index in [1.54, 1.807) is 29.6 Å². The predicted molar refractivity (Wildman–Crippen MR) is 109 cm³/mol. The molecule has 0 aliphatic rings. The zero-order valence-corrected chi connectivity index (χ0v) is 17.3. The molecule has 2 aromatic heterocycles. The number of aromatic nitrogens is 1. The van der Waals surface area contributed by atoms with Crippen molar-refractivity contribution in [3.05, 3.63) is 67.8 Å². The number of carbonyl (C=O) groups excluding carboxylic acids is 2. The van der Waals surface area contributed by atoms with E-state index in [1.165, 1.54) is 29.8 Å². The first-order chi connectivity index (χ1) is 13.5. The number of thiophene rings is 1. The number of hydrogen-bond acceptors (Lipinski definition) is 7. The van der Waals surface area contributed by atoms with Gasteiger partial charge in [0.05, 0.1) is 19.6 Å². The van der Waals surface area contributed by atoms with Crippen molar-refractivity contribution >= 4 is 46.2 Å². The van der Waals surface area contributed by atoms with E-state index >= 15 is 0 Å². The predicted octanol–water partition coefficient (Wildman–Crippen LogP) is 4.47. The van der Waals surface area contributed by atoms with E-state index in [0.29, 0.717) is 15.8 Å². The summed E-state index contributed by atoms with van der Waals surface area (Å²) in [5.41, 5.74) is 0.283. The summed E-state index contributed by atoms with van der Waals surface area (Å²) in [6.45, 7) is 0.246. The van der Waals surface area contributed by atoms with E-state index in [-0.39, 0.29) is 24.6 Å². The molecule has 1 unspecified atom stereocenters. The Morgan fingerprint density at radius 2 is 2.00 bits per heavy atom. The second-order valence-electron chi connectivity index (χ2n) is 5.69. The minimum Gasteiger partial charge on any atom is -0.486 e. The lowest BCUT2D eigenvalue weighted by Crippen LogP contribution is -2.30. The first kappa shape index (κ1) is 20.3. The Morgan fingerprint density at radius 1 is 1.21 bits per heavy atom. The number of methoxy groups -OCH3 is 1. The van der Waals surface area contributed by atoms with Crippen molar-refractivity contribution in [3.63, 3.8) is 0 Å². The number of nitrogens with zero attached hydrogens (tertiary/aromatic N) is 1. The third-order valence-corrected chi connectivity index (χ3v) is 5.81. The monoisotopic (exact) mass is 436 g/mol. The fourth-order valence-corrected chi connectivity index (χ4v) is 3.94. The largest absolute Gasteiger partial charge is 0.486 e. The molecule has 146 valence electrons. The summed E-state index contributed by atoms with van der Waals surface area (Å²) in [6, 6.07) is 10.3. The third kappa shape index (κ3) is 5.54. The molecule has 0 aliphatic carbocycles. The summed E-state index contributed by atoms with van der Waals surface area (Å²) in [7, 11) is 1.32. The van der Waals surface area contributed by atoms with Gasteiger partial charge in [-0.2, -0.15) is 0 Å². The van der Waals surface area contributed by atoms with Crippen molar-refractivity contribution < 1.29 is 19.1 Å². The molecule has 3 rings (SSSR count). The molecule has 28 heavy (non-hydrogen) atoms. The Labute approximate surface area is 175 Å². The summed E-state index contributed by atoms with van der Waals surface area (Å²) in [5, 5.41) is 7.71. The van der Waals surface area contributed by atoms with Crippen molar-refractivity contribution in [1.82, 2.24) is 10.3 Å². The summed E-state index contributed by atoms with van der Waals surface area (Å²) < 4.78 is 10.4. The lowest BCUT2D eigenvalue weighted by atomic mass is 10.1. The van der Waals surface area contributed by atoms with Crippen molar-refractivity contribution in [2.45, 2.75) is 19.1 Å². The van der Waals surface area contributed by atoms with Gasteiger partial charge < -0.3 is 14.8 Å². The van der Waals surface area contributed by atoms with Crippen molar-refractivity contribution in [2.24, 2.45) is 0 Å². The summed E-state index contributed by atoms with van der Waals surface area (Å²) in [4.78, 5) is 29.4. The molecular formula is C19H17ClN2O4S2. The van der Waals surface area contributed by atoms with E-state index in [2.05, 4.69) is 10.3 Å². The zero-order valence-electron chi connectivity index (χ0n) is 14.9. The van der Waals surface area contributed by atoms with E-state index < -0.39 is 12.0 Å². The molecule has 0 bridgehead atoms. The molecule has 9 heteroatoms. The number of carbonyl (C=O) groups is 2. The fourth-order valence-electron chi connectivity index (χ4n) is 2.35. The average molecular weight is 437 g/mol. The van der Waals surface area contributed by atoms with Crippen LogP contribution in [0.5, 0.6) is 5.75 Å². The quantitative estimate of drug-likeness (QED) is 0.527. The van der Waals surface area contributed by atoms with Gasteiger partial charge in [-0.3, -0.25) is 9.59 Å². The van der Waals surface area contributed by atoms with Crippen LogP contribution in [-0.4, -0.2) is 24.0 Å². The number of thiazole rings is 1. The first-order valence-electron chi connectivity index (χ1n) is 8.29. The van der Waals surface area contributed by atoms with Crippen molar-refractivity contribution in [3.8, 4) is 5.75 Å². The second-order valence-corrected chi connectivity index (χ2v) is 8.05. The molecule has 0 aliphatic heterocycles. The second kappa shape index (κ2) is 9.68. The Morgan fingerprint density at radius 3 is 2.68 bits per heavy atom. The highest BCUT2D eigenvalue weighted by Crippen LogP contribution is 2.23. The van der Waals surface area contributed by atoms with Crippen molar-refractivity contribution in [1.29, 1.82) is 0 Å². The number of rotatable bonds is 8. The van der Waals surface area contributed by atoms with Gasteiger partial charge in [-0.1, -0.05) is 17.7 Å². The number of ether oxygens (including phenoxy) is 2. The number of hydrogen-bond donors (Lipinski definition) is 1. The first-order valence-corrected chi connectivity index (χ1v) is 10.4. The summed E-state index contributed by atoms with van der Waals surface area (Å²) in [5.74, 6) is -0.0771. The number of benzene rings is 1. The Kier molecular flexibility index (Phi) is 7.02. The van der Waals surface area contributed by atoms with Crippen LogP contribution < -0.4 is 10.1 Å². The number of esters is 1. The molecule has 2 heterocycles. The van der Waals surface area contributed by atoms with Gasteiger partial charge in [-0.05, 0) is 35.7 Å². The molecule has 1 atom stereocenters. The standard InChI is InChI=1S/C19H17ClN2O4S2/c1-25-18(23)9-14(16-3-2-8-27-16)22-19(24)15-11-28-17(21-15)10-26-13-6-4-12(20)5-7-13/h2-8,11,14H,9-10H2,1H3,(H,22,24). The van der Waals surface area contributed by atoms with Gasteiger partial charge in [0, 0.05) is 15.3 Å². The molecule has 1 amide bonds. The van der Waals surface area contributed by atoms with Gasteiger partial charge >= 0.3 is 5.97 Å². The molecule has 0 spiro atoms. The molecule has 0 fully saturated rings. The van der Waals surface area contributed by atoms with Gasteiger partial charge in [-0.25, -0.2) is 4.98 Å². The van der Waals surface area contributed by atoms with Crippen LogP contribution in [0.3, 0.4) is 0 Å². The van der Waals surface area contributed by atoms with E-state index in [0.717, 1.165) is 4.88 Å².